The molecular formula is C14H19N3O3S. The summed E-state index contributed by atoms with van der Waals surface area (Å²) in [5, 5.41) is 2.45. The Morgan fingerprint density at radius 2 is 1.90 bits per heavy atom. The number of hydrogen-bond donors (Lipinski definition) is 3. The van der Waals surface area contributed by atoms with Gasteiger partial charge >= 0.3 is 0 Å². The normalized spacial score (nSPS) is 14.8. The fraction of sp³-hybridized carbons (Fsp3) is 0.500. The van der Waals surface area contributed by atoms with Gasteiger partial charge in [0.1, 0.15) is 6.04 Å². The third kappa shape index (κ3) is 4.04. The van der Waals surface area contributed by atoms with E-state index in [0.29, 0.717) is 4.88 Å². The van der Waals surface area contributed by atoms with Crippen LogP contribution in [-0.2, 0) is 22.4 Å². The number of rotatable bonds is 3. The molecule has 7 heteroatoms. The Morgan fingerprint density at radius 1 is 1.19 bits per heavy atom. The van der Waals surface area contributed by atoms with Gasteiger partial charge in [0.2, 0.25) is 5.91 Å². The van der Waals surface area contributed by atoms with Crippen LogP contribution in [0.15, 0.2) is 6.07 Å². The molecule has 0 spiro atoms. The summed E-state index contributed by atoms with van der Waals surface area (Å²) in [6, 6.07) is 1.21. The SMILES string of the molecule is CC(=O)NC(C)C(=O)NNC(=O)c1cc2c(s1)CCCC2. The molecule has 1 aromatic heterocycles. The summed E-state index contributed by atoms with van der Waals surface area (Å²) in [7, 11) is 0. The average Bonchev–Trinajstić information content (AvgIpc) is 2.87. The number of thiophene rings is 1. The van der Waals surface area contributed by atoms with Gasteiger partial charge in [-0.3, -0.25) is 25.2 Å². The molecule has 1 aliphatic carbocycles. The van der Waals surface area contributed by atoms with Gasteiger partial charge in [-0.15, -0.1) is 11.3 Å². The molecule has 1 unspecified atom stereocenters. The van der Waals surface area contributed by atoms with Crippen LogP contribution in [0.2, 0.25) is 0 Å². The number of amides is 3. The van der Waals surface area contributed by atoms with Crippen molar-refractivity contribution in [2.75, 3.05) is 0 Å². The first kappa shape index (κ1) is 15.5. The van der Waals surface area contributed by atoms with Gasteiger partial charge in [-0.1, -0.05) is 0 Å². The predicted octanol–water partition coefficient (Wildman–Crippen LogP) is 0.913. The van der Waals surface area contributed by atoms with Crippen molar-refractivity contribution in [1.82, 2.24) is 16.2 Å². The third-order valence-corrected chi connectivity index (χ3v) is 4.57. The molecule has 0 aliphatic heterocycles. The number of hydrogen-bond acceptors (Lipinski definition) is 4. The molecule has 114 valence electrons. The molecule has 0 fully saturated rings. The molecule has 1 aromatic rings. The van der Waals surface area contributed by atoms with Gasteiger partial charge in [-0.2, -0.15) is 0 Å². The Morgan fingerprint density at radius 3 is 2.57 bits per heavy atom. The van der Waals surface area contributed by atoms with E-state index in [0.717, 1.165) is 19.3 Å². The van der Waals surface area contributed by atoms with Crippen molar-refractivity contribution >= 4 is 29.1 Å². The average molecular weight is 309 g/mol. The minimum absolute atomic E-state index is 0.296. The maximum absolute atomic E-state index is 12.0. The Hall–Kier alpha value is -1.89. The van der Waals surface area contributed by atoms with Gasteiger partial charge < -0.3 is 5.32 Å². The second kappa shape index (κ2) is 6.71. The number of carbonyl (C=O) groups is 3. The van der Waals surface area contributed by atoms with Crippen molar-refractivity contribution in [2.24, 2.45) is 0 Å². The van der Waals surface area contributed by atoms with Crippen LogP contribution < -0.4 is 16.2 Å². The molecule has 2 rings (SSSR count). The zero-order chi connectivity index (χ0) is 15.4. The molecule has 21 heavy (non-hydrogen) atoms. The summed E-state index contributed by atoms with van der Waals surface area (Å²) in [6.45, 7) is 2.88. The fourth-order valence-corrected chi connectivity index (χ4v) is 3.41. The van der Waals surface area contributed by atoms with E-state index in [2.05, 4.69) is 16.2 Å². The lowest BCUT2D eigenvalue weighted by atomic mass is 9.99. The quantitative estimate of drug-likeness (QED) is 0.725. The zero-order valence-corrected chi connectivity index (χ0v) is 12.9. The topological polar surface area (TPSA) is 87.3 Å². The summed E-state index contributed by atoms with van der Waals surface area (Å²) in [5.41, 5.74) is 5.95. The lowest BCUT2D eigenvalue weighted by Gasteiger charge is -2.12. The van der Waals surface area contributed by atoms with E-state index in [9.17, 15) is 14.4 Å². The minimum atomic E-state index is -0.695. The maximum atomic E-state index is 12.0. The van der Waals surface area contributed by atoms with Crippen LogP contribution in [0.1, 0.15) is 46.8 Å². The smallest absolute Gasteiger partial charge is 0.279 e. The highest BCUT2D eigenvalue weighted by atomic mass is 32.1. The van der Waals surface area contributed by atoms with E-state index in [1.54, 1.807) is 6.92 Å². The van der Waals surface area contributed by atoms with Crippen molar-refractivity contribution in [3.05, 3.63) is 21.4 Å². The van der Waals surface area contributed by atoms with Crippen LogP contribution in [0.3, 0.4) is 0 Å². The van der Waals surface area contributed by atoms with E-state index < -0.39 is 11.9 Å². The highest BCUT2D eigenvalue weighted by Gasteiger charge is 2.19. The van der Waals surface area contributed by atoms with Crippen LogP contribution in [0.5, 0.6) is 0 Å². The summed E-state index contributed by atoms with van der Waals surface area (Å²) in [4.78, 5) is 36.4. The first-order valence-corrected chi connectivity index (χ1v) is 7.78. The molecule has 1 atom stereocenters. The Kier molecular flexibility index (Phi) is 4.95. The standard InChI is InChI=1S/C14H19N3O3S/c1-8(15-9(2)18)13(19)16-17-14(20)12-7-10-5-3-4-6-11(10)21-12/h7-8H,3-6H2,1-2H3,(H,15,18)(H,16,19)(H,17,20). The Balaban J connectivity index is 1.88. The van der Waals surface area contributed by atoms with Crippen molar-refractivity contribution in [3.8, 4) is 0 Å². The van der Waals surface area contributed by atoms with E-state index in [-0.39, 0.29) is 11.8 Å². The van der Waals surface area contributed by atoms with Gasteiger partial charge in [0.15, 0.2) is 0 Å². The number of carbonyl (C=O) groups excluding carboxylic acids is 3. The molecule has 0 saturated heterocycles. The maximum Gasteiger partial charge on any atom is 0.279 e. The number of aryl methyl sites for hydroxylation is 2. The summed E-state index contributed by atoms with van der Waals surface area (Å²) in [6.07, 6.45) is 4.37. The van der Waals surface area contributed by atoms with Crippen molar-refractivity contribution in [3.63, 3.8) is 0 Å². The first-order valence-electron chi connectivity index (χ1n) is 6.96. The zero-order valence-electron chi connectivity index (χ0n) is 12.1. The van der Waals surface area contributed by atoms with Crippen molar-refractivity contribution < 1.29 is 14.4 Å². The highest BCUT2D eigenvalue weighted by molar-refractivity contribution is 7.14. The van der Waals surface area contributed by atoms with Crippen molar-refractivity contribution in [1.29, 1.82) is 0 Å². The summed E-state index contributed by atoms with van der Waals surface area (Å²) >= 11 is 1.48. The van der Waals surface area contributed by atoms with E-state index in [1.807, 2.05) is 6.07 Å². The van der Waals surface area contributed by atoms with Crippen LogP contribution in [0.4, 0.5) is 0 Å². The Labute approximate surface area is 127 Å². The van der Waals surface area contributed by atoms with Gasteiger partial charge in [-0.05, 0) is 44.2 Å². The lowest BCUT2D eigenvalue weighted by molar-refractivity contribution is -0.128. The monoisotopic (exact) mass is 309 g/mol. The molecule has 1 aliphatic rings. The molecule has 3 N–H and O–H groups in total. The number of nitrogens with one attached hydrogen (secondary N) is 3. The second-order valence-corrected chi connectivity index (χ2v) is 6.27. The molecule has 0 aromatic carbocycles. The first-order chi connectivity index (χ1) is 9.97. The van der Waals surface area contributed by atoms with E-state index in [4.69, 9.17) is 0 Å². The van der Waals surface area contributed by atoms with Crippen LogP contribution in [0, 0.1) is 0 Å². The van der Waals surface area contributed by atoms with E-state index >= 15 is 0 Å². The van der Waals surface area contributed by atoms with Crippen LogP contribution in [0.25, 0.3) is 0 Å². The van der Waals surface area contributed by atoms with Gasteiger partial charge in [0.05, 0.1) is 4.88 Å². The fourth-order valence-electron chi connectivity index (χ4n) is 2.26. The highest BCUT2D eigenvalue weighted by Crippen LogP contribution is 2.29. The molecule has 6 nitrogen and oxygen atoms in total. The van der Waals surface area contributed by atoms with Crippen LogP contribution >= 0.6 is 11.3 Å². The Bertz CT molecular complexity index is 544. The van der Waals surface area contributed by atoms with Gasteiger partial charge in [0.25, 0.3) is 11.8 Å². The molecule has 0 radical (unpaired) electrons. The van der Waals surface area contributed by atoms with Gasteiger partial charge in [-0.25, -0.2) is 0 Å². The third-order valence-electron chi connectivity index (χ3n) is 3.33. The molecule has 1 heterocycles. The molecule has 0 saturated carbocycles. The molecule has 0 bridgehead atoms. The number of hydrazine groups is 1. The molecular weight excluding hydrogens is 290 g/mol. The largest absolute Gasteiger partial charge is 0.345 e. The van der Waals surface area contributed by atoms with E-state index in [1.165, 1.54) is 35.1 Å². The van der Waals surface area contributed by atoms with Gasteiger partial charge in [0, 0.05) is 11.8 Å². The van der Waals surface area contributed by atoms with Crippen molar-refractivity contribution in [2.45, 2.75) is 45.6 Å². The second-order valence-electron chi connectivity index (χ2n) is 5.13. The van der Waals surface area contributed by atoms with Crippen LogP contribution in [-0.4, -0.2) is 23.8 Å². The lowest BCUT2D eigenvalue weighted by Crippen LogP contribution is -2.50. The summed E-state index contributed by atoms with van der Waals surface area (Å²) in [5.74, 6) is -1.08. The molecule has 3 amide bonds. The number of fused-ring (bicyclic) bond motifs is 1. The predicted molar refractivity (Wildman–Crippen MR) is 79.8 cm³/mol. The minimum Gasteiger partial charge on any atom is -0.345 e. The summed E-state index contributed by atoms with van der Waals surface area (Å²) < 4.78 is 0.